The summed E-state index contributed by atoms with van der Waals surface area (Å²) in [6, 6.07) is 12.1. The molecule has 1 aliphatic rings. The first-order valence-electron chi connectivity index (χ1n) is 18.1. The van der Waals surface area contributed by atoms with Gasteiger partial charge in [-0.3, -0.25) is 4.68 Å². The van der Waals surface area contributed by atoms with E-state index in [0.717, 1.165) is 30.7 Å². The highest BCUT2D eigenvalue weighted by Gasteiger charge is 2.33. The number of fused-ring (bicyclic) bond motifs is 1. The number of aliphatic imine (C=N–C) groups is 1. The molecule has 1 aromatic heterocycles. The summed E-state index contributed by atoms with van der Waals surface area (Å²) in [5.41, 5.74) is 10.3. The number of methoxy groups -OCH3 is 1. The SMILES string of the molecule is CCCCCCCCCCCCCCCC(COP(O)OCC(C#N)(CCc1ccc2n1NCN=C2N)OC)OCc1cc(F)cc(C#N)c1. The van der Waals surface area contributed by atoms with E-state index in [2.05, 4.69) is 23.4 Å². The smallest absolute Gasteiger partial charge is 0.330 e. The van der Waals surface area contributed by atoms with Gasteiger partial charge >= 0.3 is 8.60 Å². The second-order valence-corrected chi connectivity index (χ2v) is 13.9. The van der Waals surface area contributed by atoms with Crippen molar-refractivity contribution in [1.29, 1.82) is 10.5 Å². The highest BCUT2D eigenvalue weighted by Crippen LogP contribution is 2.36. The highest BCUT2D eigenvalue weighted by atomic mass is 31.2. The molecule has 0 aliphatic carbocycles. The normalized spacial score (nSPS) is 14.9. The van der Waals surface area contributed by atoms with Crippen LogP contribution in [0, 0.1) is 28.5 Å². The Hall–Kier alpha value is -3.09. The molecule has 0 saturated carbocycles. The summed E-state index contributed by atoms with van der Waals surface area (Å²) in [7, 11) is -0.900. The van der Waals surface area contributed by atoms with Gasteiger partial charge in [0.25, 0.3) is 0 Å². The van der Waals surface area contributed by atoms with Gasteiger partial charge in [0.1, 0.15) is 30.1 Å². The lowest BCUT2D eigenvalue weighted by Crippen LogP contribution is -2.36. The van der Waals surface area contributed by atoms with Crippen LogP contribution in [0.1, 0.15) is 126 Å². The molecule has 2 aromatic rings. The van der Waals surface area contributed by atoms with Gasteiger partial charge in [0.2, 0.25) is 0 Å². The van der Waals surface area contributed by atoms with Gasteiger partial charge in [-0.05, 0) is 55.2 Å². The summed E-state index contributed by atoms with van der Waals surface area (Å²) in [6.45, 7) is 2.56. The number of nitrogens with two attached hydrogens (primary N) is 1. The zero-order chi connectivity index (χ0) is 36.0. The molecule has 3 rings (SSSR count). The third-order valence-corrected chi connectivity index (χ3v) is 9.78. The Balaban J connectivity index is 1.44. The first kappa shape index (κ1) is 41.3. The van der Waals surface area contributed by atoms with Crippen molar-refractivity contribution >= 4 is 14.4 Å². The average Bonchev–Trinajstić information content (AvgIpc) is 3.55. The molecule has 50 heavy (non-hydrogen) atoms. The number of hydrogen-bond donors (Lipinski definition) is 3. The Morgan fingerprint density at radius 2 is 1.70 bits per heavy atom. The molecule has 0 spiro atoms. The molecule has 1 aliphatic heterocycles. The van der Waals surface area contributed by atoms with Crippen LogP contribution in [0.2, 0.25) is 0 Å². The number of ether oxygens (including phenoxy) is 2. The second-order valence-electron chi connectivity index (χ2n) is 12.9. The molecular formula is C37H56FN6O5P. The molecule has 276 valence electrons. The maximum absolute atomic E-state index is 14.0. The molecule has 4 N–H and O–H groups in total. The number of aryl methyl sites for hydroxylation is 1. The third-order valence-electron chi connectivity index (χ3n) is 9.06. The van der Waals surface area contributed by atoms with E-state index in [-0.39, 0.29) is 31.5 Å². The quantitative estimate of drug-likeness (QED) is 0.0618. The van der Waals surface area contributed by atoms with Crippen LogP contribution < -0.4 is 11.2 Å². The van der Waals surface area contributed by atoms with Gasteiger partial charge in [0, 0.05) is 12.8 Å². The maximum atomic E-state index is 14.0. The van der Waals surface area contributed by atoms with Crippen molar-refractivity contribution in [2.45, 2.75) is 128 Å². The van der Waals surface area contributed by atoms with Gasteiger partial charge in [-0.15, -0.1) is 0 Å². The van der Waals surface area contributed by atoms with E-state index in [1.54, 1.807) is 6.07 Å². The average molecular weight is 715 g/mol. The summed E-state index contributed by atoms with van der Waals surface area (Å²) in [5.74, 6) is -0.0525. The molecule has 0 fully saturated rings. The largest absolute Gasteiger partial charge is 0.382 e. The van der Waals surface area contributed by atoms with Crippen LogP contribution in [0.3, 0.4) is 0 Å². The monoisotopic (exact) mass is 714 g/mol. The van der Waals surface area contributed by atoms with E-state index in [4.69, 9.17) is 24.3 Å². The van der Waals surface area contributed by atoms with Crippen LogP contribution in [-0.4, -0.2) is 54.1 Å². The maximum Gasteiger partial charge on any atom is 0.330 e. The zero-order valence-electron chi connectivity index (χ0n) is 29.9. The first-order valence-corrected chi connectivity index (χ1v) is 19.2. The van der Waals surface area contributed by atoms with E-state index in [9.17, 15) is 19.8 Å². The number of hydrogen-bond acceptors (Lipinski definition) is 10. The number of unbranched alkanes of at least 4 members (excludes halogenated alkanes) is 12. The molecular weight excluding hydrogens is 658 g/mol. The number of nitrogens with one attached hydrogen (secondary N) is 1. The lowest BCUT2D eigenvalue weighted by molar-refractivity contribution is -0.0212. The number of nitriles is 2. The fourth-order valence-electron chi connectivity index (χ4n) is 5.99. The minimum Gasteiger partial charge on any atom is -0.382 e. The van der Waals surface area contributed by atoms with E-state index < -0.39 is 20.0 Å². The Kier molecular flexibility index (Phi) is 19.3. The lowest BCUT2D eigenvalue weighted by Gasteiger charge is -2.26. The van der Waals surface area contributed by atoms with Crippen molar-refractivity contribution in [3.8, 4) is 12.1 Å². The number of rotatable bonds is 27. The predicted octanol–water partition coefficient (Wildman–Crippen LogP) is 7.88. The minimum atomic E-state index is -2.34. The number of halogens is 1. The zero-order valence-corrected chi connectivity index (χ0v) is 30.8. The van der Waals surface area contributed by atoms with Gasteiger partial charge in [-0.2, -0.15) is 10.5 Å². The first-order chi connectivity index (χ1) is 24.3. The summed E-state index contributed by atoms with van der Waals surface area (Å²) in [6.07, 6.45) is 17.3. The molecule has 0 amide bonds. The van der Waals surface area contributed by atoms with Gasteiger partial charge in [-0.25, -0.2) is 9.38 Å². The Morgan fingerprint density at radius 3 is 2.34 bits per heavy atom. The number of amidine groups is 1. The van der Waals surface area contributed by atoms with E-state index in [0.29, 0.717) is 37.3 Å². The van der Waals surface area contributed by atoms with E-state index in [1.807, 2.05) is 22.9 Å². The Bertz CT molecular complexity index is 1400. The van der Waals surface area contributed by atoms with Crippen molar-refractivity contribution < 1.29 is 27.8 Å². The molecule has 11 nitrogen and oxygen atoms in total. The van der Waals surface area contributed by atoms with E-state index >= 15 is 0 Å². The molecule has 0 radical (unpaired) electrons. The van der Waals surface area contributed by atoms with Crippen LogP contribution in [-0.2, 0) is 31.5 Å². The molecule has 1 aromatic carbocycles. The van der Waals surface area contributed by atoms with Crippen molar-refractivity contribution in [2.75, 3.05) is 32.4 Å². The molecule has 3 atom stereocenters. The van der Waals surface area contributed by atoms with Gasteiger partial charge in [0.05, 0.1) is 37.6 Å². The van der Waals surface area contributed by atoms with Crippen molar-refractivity contribution in [3.63, 3.8) is 0 Å². The van der Waals surface area contributed by atoms with Gasteiger partial charge in [0.15, 0.2) is 5.60 Å². The Morgan fingerprint density at radius 1 is 1.02 bits per heavy atom. The molecule has 13 heteroatoms. The standard InChI is InChI=1S/C37H56FN6O5P/c1-3-4-5-6-7-8-9-10-11-12-13-14-15-16-34(47-25-31-21-30(24-39)22-32(38)23-31)26-48-50(45)49-28-37(27-40,46-2)20-19-33-17-18-35-36(41)42-29-43-44(33)35/h17-18,21-23,34,43,45H,3-16,19-20,25-26,28-29H2,1-2H3,(H2,41,42). The Labute approximate surface area is 298 Å². The third kappa shape index (κ3) is 14.6. The fourth-order valence-corrected chi connectivity index (χ4v) is 6.68. The van der Waals surface area contributed by atoms with Crippen LogP contribution in [0.5, 0.6) is 0 Å². The summed E-state index contributed by atoms with van der Waals surface area (Å²) >= 11 is 0. The summed E-state index contributed by atoms with van der Waals surface area (Å²) in [4.78, 5) is 14.8. The minimum absolute atomic E-state index is 0.0539. The van der Waals surface area contributed by atoms with Crippen LogP contribution in [0.15, 0.2) is 35.3 Å². The molecule has 3 unspecified atom stereocenters. The van der Waals surface area contributed by atoms with Crippen LogP contribution in [0.25, 0.3) is 0 Å². The lowest BCUT2D eigenvalue weighted by atomic mass is 9.99. The molecule has 0 saturated heterocycles. The molecule has 2 heterocycles. The van der Waals surface area contributed by atoms with Gasteiger partial charge in [-0.1, -0.05) is 90.4 Å². The number of nitrogens with zero attached hydrogens (tertiary/aromatic N) is 4. The van der Waals surface area contributed by atoms with Crippen LogP contribution in [0.4, 0.5) is 4.39 Å². The summed E-state index contributed by atoms with van der Waals surface area (Å²) in [5, 5.41) is 19.2. The van der Waals surface area contributed by atoms with Crippen LogP contribution >= 0.6 is 8.60 Å². The van der Waals surface area contributed by atoms with Gasteiger partial charge < -0.3 is 34.6 Å². The highest BCUT2D eigenvalue weighted by molar-refractivity contribution is 7.40. The van der Waals surface area contributed by atoms with Crippen molar-refractivity contribution in [1.82, 2.24) is 4.68 Å². The molecule has 0 bridgehead atoms. The second kappa shape index (κ2) is 23.4. The summed E-state index contributed by atoms with van der Waals surface area (Å²) < 4.78 is 38.8. The number of benzene rings is 1. The fraction of sp³-hybridized carbons (Fsp3) is 0.649. The number of aromatic nitrogens is 1. The van der Waals surface area contributed by atoms with E-state index in [1.165, 1.54) is 83.5 Å². The topological polar surface area (TPSA) is 160 Å². The predicted molar refractivity (Wildman–Crippen MR) is 194 cm³/mol. The van der Waals surface area contributed by atoms with Crippen molar-refractivity contribution in [3.05, 3.63) is 58.7 Å². The van der Waals surface area contributed by atoms with Crippen molar-refractivity contribution in [2.24, 2.45) is 10.7 Å².